The van der Waals surface area contributed by atoms with E-state index in [9.17, 15) is 0 Å². The Morgan fingerprint density at radius 3 is 3.38 bits per heavy atom. The van der Waals surface area contributed by atoms with Crippen LogP contribution in [0.25, 0.3) is 0 Å². The van der Waals surface area contributed by atoms with Gasteiger partial charge in [0.1, 0.15) is 0 Å². The molecule has 84 valence electrons. The predicted octanol–water partition coefficient (Wildman–Crippen LogP) is 2.60. The second kappa shape index (κ2) is 5.21. The molecule has 1 aliphatic rings. The van der Waals surface area contributed by atoms with Gasteiger partial charge in [0.05, 0.1) is 16.6 Å². The van der Waals surface area contributed by atoms with E-state index in [1.807, 2.05) is 18.3 Å². The van der Waals surface area contributed by atoms with Gasteiger partial charge in [-0.15, -0.1) is 6.58 Å². The average molecular weight is 232 g/mol. The van der Waals surface area contributed by atoms with Crippen molar-refractivity contribution >= 4 is 17.2 Å². The van der Waals surface area contributed by atoms with Crippen molar-refractivity contribution in [3.05, 3.63) is 42.2 Å². The molecule has 0 aromatic carbocycles. The number of hydrogen-bond donors (Lipinski definition) is 1. The molecule has 1 aromatic rings. The first kappa shape index (κ1) is 11.3. The van der Waals surface area contributed by atoms with Crippen molar-refractivity contribution in [2.75, 3.05) is 6.54 Å². The largest absolute Gasteiger partial charge is 0.376 e. The first-order valence-electron chi connectivity index (χ1n) is 5.65. The molecule has 0 amide bonds. The molecule has 1 unspecified atom stereocenters. The highest BCUT2D eigenvalue weighted by Crippen LogP contribution is 2.30. The summed E-state index contributed by atoms with van der Waals surface area (Å²) < 4.78 is 0. The van der Waals surface area contributed by atoms with Crippen molar-refractivity contribution in [2.24, 2.45) is 0 Å². The Hall–Kier alpha value is -1.22. The summed E-state index contributed by atoms with van der Waals surface area (Å²) in [6.45, 7) is 4.42. The number of nitrogens with one attached hydrogen (secondary N) is 1. The zero-order chi connectivity index (χ0) is 11.4. The van der Waals surface area contributed by atoms with Gasteiger partial charge < -0.3 is 5.32 Å². The lowest BCUT2D eigenvalue weighted by Crippen LogP contribution is -2.30. The highest BCUT2D eigenvalue weighted by Gasteiger charge is 2.24. The van der Waals surface area contributed by atoms with Gasteiger partial charge in [-0.1, -0.05) is 24.4 Å². The number of rotatable bonds is 3. The summed E-state index contributed by atoms with van der Waals surface area (Å²) in [7, 11) is 0. The normalized spacial score (nSPS) is 18.6. The highest BCUT2D eigenvalue weighted by molar-refractivity contribution is 7.80. The monoisotopic (exact) mass is 232 g/mol. The third kappa shape index (κ3) is 2.30. The topological polar surface area (TPSA) is 24.9 Å². The number of hydrogen-bond acceptors (Lipinski definition) is 2. The summed E-state index contributed by atoms with van der Waals surface area (Å²) in [6.07, 6.45) is 7.11. The predicted molar refractivity (Wildman–Crippen MR) is 70.7 cm³/mol. The molecule has 0 saturated carbocycles. The molecule has 0 aliphatic heterocycles. The van der Waals surface area contributed by atoms with E-state index in [-0.39, 0.29) is 0 Å². The van der Waals surface area contributed by atoms with Gasteiger partial charge in [-0.05, 0) is 30.9 Å². The standard InChI is InChI=1S/C13H16N2S/c1-2-8-15-13(16)11-7-3-5-10-6-4-9-14-12(10)11/h2,4,6,9,11H,1,3,5,7-8H2,(H,15,16). The molecular formula is C13H16N2S. The molecule has 2 nitrogen and oxygen atoms in total. The van der Waals surface area contributed by atoms with Crippen molar-refractivity contribution in [3.8, 4) is 0 Å². The second-order valence-corrected chi connectivity index (χ2v) is 4.47. The van der Waals surface area contributed by atoms with E-state index in [1.165, 1.54) is 12.0 Å². The SMILES string of the molecule is C=CCNC(=S)C1CCCc2cccnc21. The minimum absolute atomic E-state index is 0.292. The summed E-state index contributed by atoms with van der Waals surface area (Å²) >= 11 is 5.42. The molecule has 16 heavy (non-hydrogen) atoms. The molecule has 2 rings (SSSR count). The minimum Gasteiger partial charge on any atom is -0.376 e. The fraction of sp³-hybridized carbons (Fsp3) is 0.385. The number of aromatic nitrogens is 1. The van der Waals surface area contributed by atoms with Gasteiger partial charge in [0, 0.05) is 12.7 Å². The van der Waals surface area contributed by atoms with Crippen LogP contribution in [0.4, 0.5) is 0 Å². The fourth-order valence-corrected chi connectivity index (χ4v) is 2.47. The van der Waals surface area contributed by atoms with E-state index in [4.69, 9.17) is 12.2 Å². The maximum absolute atomic E-state index is 5.42. The third-order valence-corrected chi connectivity index (χ3v) is 3.36. The number of fused-ring (bicyclic) bond motifs is 1. The van der Waals surface area contributed by atoms with Crippen LogP contribution in [-0.2, 0) is 6.42 Å². The van der Waals surface area contributed by atoms with Gasteiger partial charge in [-0.3, -0.25) is 4.98 Å². The molecule has 3 heteroatoms. The van der Waals surface area contributed by atoms with Crippen LogP contribution in [0, 0.1) is 0 Å². The Bertz CT molecular complexity index is 401. The lowest BCUT2D eigenvalue weighted by atomic mass is 9.86. The van der Waals surface area contributed by atoms with Gasteiger partial charge >= 0.3 is 0 Å². The van der Waals surface area contributed by atoms with E-state index in [0.29, 0.717) is 5.92 Å². The number of aryl methyl sites for hydroxylation is 1. The van der Waals surface area contributed by atoms with Gasteiger partial charge in [0.15, 0.2) is 0 Å². The van der Waals surface area contributed by atoms with Crippen LogP contribution in [0.5, 0.6) is 0 Å². The first-order chi connectivity index (χ1) is 7.83. The molecule has 1 aliphatic carbocycles. The van der Waals surface area contributed by atoms with Gasteiger partial charge in [-0.2, -0.15) is 0 Å². The summed E-state index contributed by atoms with van der Waals surface area (Å²) in [5.74, 6) is 0.292. The molecule has 0 spiro atoms. The average Bonchev–Trinajstić information content (AvgIpc) is 2.35. The molecule has 1 N–H and O–H groups in total. The number of nitrogens with zero attached hydrogens (tertiary/aromatic N) is 1. The fourth-order valence-electron chi connectivity index (χ4n) is 2.16. The summed E-state index contributed by atoms with van der Waals surface area (Å²) in [6, 6.07) is 4.16. The zero-order valence-electron chi connectivity index (χ0n) is 9.28. The lowest BCUT2D eigenvalue weighted by molar-refractivity contribution is 0.626. The zero-order valence-corrected chi connectivity index (χ0v) is 10.1. The van der Waals surface area contributed by atoms with Crippen molar-refractivity contribution in [2.45, 2.75) is 25.2 Å². The van der Waals surface area contributed by atoms with Crippen LogP contribution in [0.3, 0.4) is 0 Å². The molecular weight excluding hydrogens is 216 g/mol. The second-order valence-electron chi connectivity index (χ2n) is 4.03. The third-order valence-electron chi connectivity index (χ3n) is 2.93. The van der Waals surface area contributed by atoms with Crippen LogP contribution >= 0.6 is 12.2 Å². The Labute approximate surface area is 102 Å². The minimum atomic E-state index is 0.292. The molecule has 1 atom stereocenters. The van der Waals surface area contributed by atoms with Crippen LogP contribution in [0.2, 0.25) is 0 Å². The van der Waals surface area contributed by atoms with Crippen LogP contribution in [-0.4, -0.2) is 16.5 Å². The van der Waals surface area contributed by atoms with Gasteiger partial charge in [-0.25, -0.2) is 0 Å². The smallest absolute Gasteiger partial charge is 0.0847 e. The molecule has 0 saturated heterocycles. The van der Waals surface area contributed by atoms with E-state index in [0.717, 1.165) is 30.1 Å². The first-order valence-corrected chi connectivity index (χ1v) is 6.06. The summed E-state index contributed by atoms with van der Waals surface area (Å²) in [5.41, 5.74) is 2.51. The number of thiocarbonyl (C=S) groups is 1. The molecule has 1 aromatic heterocycles. The van der Waals surface area contributed by atoms with Crippen molar-refractivity contribution in [3.63, 3.8) is 0 Å². The van der Waals surface area contributed by atoms with E-state index >= 15 is 0 Å². The van der Waals surface area contributed by atoms with E-state index < -0.39 is 0 Å². The van der Waals surface area contributed by atoms with Crippen molar-refractivity contribution in [1.82, 2.24) is 10.3 Å². The highest BCUT2D eigenvalue weighted by atomic mass is 32.1. The molecule has 0 radical (unpaired) electrons. The molecule has 0 bridgehead atoms. The molecule has 0 fully saturated rings. The van der Waals surface area contributed by atoms with Crippen molar-refractivity contribution < 1.29 is 0 Å². The van der Waals surface area contributed by atoms with E-state index in [1.54, 1.807) is 0 Å². The Morgan fingerprint density at radius 1 is 1.69 bits per heavy atom. The van der Waals surface area contributed by atoms with Gasteiger partial charge in [0.25, 0.3) is 0 Å². The van der Waals surface area contributed by atoms with Crippen LogP contribution in [0.1, 0.15) is 30.0 Å². The van der Waals surface area contributed by atoms with E-state index in [2.05, 4.69) is 22.9 Å². The van der Waals surface area contributed by atoms with Crippen molar-refractivity contribution in [1.29, 1.82) is 0 Å². The molecule has 1 heterocycles. The lowest BCUT2D eigenvalue weighted by Gasteiger charge is -2.25. The quantitative estimate of drug-likeness (QED) is 0.640. The Morgan fingerprint density at radius 2 is 2.56 bits per heavy atom. The Balaban J connectivity index is 2.18. The summed E-state index contributed by atoms with van der Waals surface area (Å²) in [4.78, 5) is 5.38. The number of pyridine rings is 1. The maximum Gasteiger partial charge on any atom is 0.0847 e. The maximum atomic E-state index is 5.42. The summed E-state index contributed by atoms with van der Waals surface area (Å²) in [5, 5.41) is 3.22. The van der Waals surface area contributed by atoms with Crippen LogP contribution in [0.15, 0.2) is 31.0 Å². The Kier molecular flexibility index (Phi) is 3.67. The van der Waals surface area contributed by atoms with Gasteiger partial charge in [0.2, 0.25) is 0 Å². The van der Waals surface area contributed by atoms with Crippen LogP contribution < -0.4 is 5.32 Å².